The van der Waals surface area contributed by atoms with Crippen LogP contribution < -0.4 is 5.32 Å². The number of hydrogen-bond acceptors (Lipinski definition) is 3. The molecule has 15 heavy (non-hydrogen) atoms. The summed E-state index contributed by atoms with van der Waals surface area (Å²) >= 11 is 0. The topological polar surface area (TPSA) is 80.0 Å². The van der Waals surface area contributed by atoms with Crippen molar-refractivity contribution in [3.05, 3.63) is 23.8 Å². The van der Waals surface area contributed by atoms with E-state index in [4.69, 9.17) is 5.11 Å². The SMILES string of the molecule is Cn1nnc2cc(CNC(=O)O)ccc21. The molecule has 0 aliphatic rings. The molecule has 0 spiro atoms. The minimum Gasteiger partial charge on any atom is -0.465 e. The molecule has 0 unspecified atom stereocenters. The van der Waals surface area contributed by atoms with Gasteiger partial charge in [0.1, 0.15) is 5.52 Å². The lowest BCUT2D eigenvalue weighted by atomic mass is 10.2. The van der Waals surface area contributed by atoms with Crippen LogP contribution in [0.15, 0.2) is 18.2 Å². The quantitative estimate of drug-likeness (QED) is 0.759. The van der Waals surface area contributed by atoms with Gasteiger partial charge in [-0.3, -0.25) is 0 Å². The van der Waals surface area contributed by atoms with Gasteiger partial charge in [-0.15, -0.1) is 5.10 Å². The first-order valence-electron chi connectivity index (χ1n) is 4.42. The summed E-state index contributed by atoms with van der Waals surface area (Å²) in [5.74, 6) is 0. The molecule has 0 atom stereocenters. The zero-order valence-electron chi connectivity index (χ0n) is 8.14. The van der Waals surface area contributed by atoms with E-state index in [9.17, 15) is 4.79 Å². The van der Waals surface area contributed by atoms with E-state index in [1.165, 1.54) is 0 Å². The maximum Gasteiger partial charge on any atom is 0.404 e. The average Bonchev–Trinajstić information content (AvgIpc) is 2.57. The molecule has 1 heterocycles. The first-order chi connectivity index (χ1) is 7.16. The van der Waals surface area contributed by atoms with E-state index in [1.807, 2.05) is 25.2 Å². The lowest BCUT2D eigenvalue weighted by Gasteiger charge is -2.00. The van der Waals surface area contributed by atoms with Gasteiger partial charge in [-0.1, -0.05) is 11.3 Å². The van der Waals surface area contributed by atoms with Crippen LogP contribution in [0.1, 0.15) is 5.56 Å². The molecule has 1 aromatic heterocycles. The molecule has 6 nitrogen and oxygen atoms in total. The lowest BCUT2D eigenvalue weighted by molar-refractivity contribution is 0.194. The molecule has 0 saturated carbocycles. The number of aromatic nitrogens is 3. The van der Waals surface area contributed by atoms with Crippen molar-refractivity contribution in [2.24, 2.45) is 7.05 Å². The third-order valence-electron chi connectivity index (χ3n) is 2.12. The number of aryl methyl sites for hydroxylation is 1. The molecule has 1 amide bonds. The number of carbonyl (C=O) groups is 1. The average molecular weight is 206 g/mol. The Balaban J connectivity index is 2.27. The van der Waals surface area contributed by atoms with Gasteiger partial charge >= 0.3 is 6.09 Å². The van der Waals surface area contributed by atoms with E-state index in [0.29, 0.717) is 0 Å². The molecule has 0 saturated heterocycles. The van der Waals surface area contributed by atoms with Gasteiger partial charge in [-0.05, 0) is 17.7 Å². The summed E-state index contributed by atoms with van der Waals surface area (Å²) in [4.78, 5) is 10.3. The van der Waals surface area contributed by atoms with Crippen molar-refractivity contribution >= 4 is 17.1 Å². The molecular formula is C9H10N4O2. The predicted octanol–water partition coefficient (Wildman–Crippen LogP) is 0.736. The standard InChI is InChI=1S/C9H10N4O2/c1-13-8-3-2-6(5-10-9(14)15)4-7(8)11-12-13/h2-4,10H,5H2,1H3,(H,14,15). The molecule has 2 aromatic rings. The highest BCUT2D eigenvalue weighted by Gasteiger charge is 2.03. The number of rotatable bonds is 2. The smallest absolute Gasteiger partial charge is 0.404 e. The molecule has 6 heteroatoms. The normalized spacial score (nSPS) is 10.5. The molecule has 0 radical (unpaired) electrons. The number of amides is 1. The maximum absolute atomic E-state index is 10.3. The second-order valence-corrected chi connectivity index (χ2v) is 3.19. The Morgan fingerprint density at radius 1 is 1.60 bits per heavy atom. The van der Waals surface area contributed by atoms with Crippen molar-refractivity contribution in [3.63, 3.8) is 0 Å². The van der Waals surface area contributed by atoms with Gasteiger partial charge in [0.05, 0.1) is 5.52 Å². The largest absolute Gasteiger partial charge is 0.465 e. The van der Waals surface area contributed by atoms with Crippen LogP contribution in [0, 0.1) is 0 Å². The Kier molecular flexibility index (Phi) is 2.24. The summed E-state index contributed by atoms with van der Waals surface area (Å²) in [6, 6.07) is 5.54. The molecule has 0 aliphatic carbocycles. The highest BCUT2D eigenvalue weighted by Crippen LogP contribution is 2.12. The fraction of sp³-hybridized carbons (Fsp3) is 0.222. The first kappa shape index (κ1) is 9.45. The van der Waals surface area contributed by atoms with Gasteiger partial charge in [0.25, 0.3) is 0 Å². The Morgan fingerprint density at radius 3 is 3.13 bits per heavy atom. The third-order valence-corrected chi connectivity index (χ3v) is 2.12. The Morgan fingerprint density at radius 2 is 2.40 bits per heavy atom. The summed E-state index contributed by atoms with van der Waals surface area (Å²) in [6.45, 7) is 0.280. The van der Waals surface area contributed by atoms with Crippen LogP contribution in [-0.2, 0) is 13.6 Å². The molecular weight excluding hydrogens is 196 g/mol. The number of nitrogens with zero attached hydrogens (tertiary/aromatic N) is 3. The van der Waals surface area contributed by atoms with Crippen molar-refractivity contribution in [1.82, 2.24) is 20.3 Å². The molecule has 2 rings (SSSR count). The number of nitrogens with one attached hydrogen (secondary N) is 1. The minimum atomic E-state index is -1.03. The fourth-order valence-corrected chi connectivity index (χ4v) is 1.37. The van der Waals surface area contributed by atoms with Crippen molar-refractivity contribution in [2.45, 2.75) is 6.54 Å². The van der Waals surface area contributed by atoms with Crippen LogP contribution in [-0.4, -0.2) is 26.2 Å². The van der Waals surface area contributed by atoms with Crippen molar-refractivity contribution in [2.75, 3.05) is 0 Å². The van der Waals surface area contributed by atoms with E-state index in [1.54, 1.807) is 4.68 Å². The Bertz CT molecular complexity index is 506. The van der Waals surface area contributed by atoms with Gasteiger partial charge < -0.3 is 10.4 Å². The van der Waals surface area contributed by atoms with Crippen LogP contribution in [0.2, 0.25) is 0 Å². The second kappa shape index (κ2) is 3.56. The monoisotopic (exact) mass is 206 g/mol. The highest BCUT2D eigenvalue weighted by molar-refractivity contribution is 5.75. The Labute approximate surface area is 85.5 Å². The number of carboxylic acid groups (broad SMARTS) is 1. The molecule has 2 N–H and O–H groups in total. The molecule has 0 aliphatic heterocycles. The van der Waals surface area contributed by atoms with E-state index >= 15 is 0 Å². The number of benzene rings is 1. The summed E-state index contributed by atoms with van der Waals surface area (Å²) in [6.07, 6.45) is -1.03. The van der Waals surface area contributed by atoms with E-state index < -0.39 is 6.09 Å². The highest BCUT2D eigenvalue weighted by atomic mass is 16.4. The molecule has 1 aromatic carbocycles. The van der Waals surface area contributed by atoms with Crippen molar-refractivity contribution < 1.29 is 9.90 Å². The van der Waals surface area contributed by atoms with Gasteiger partial charge in [0, 0.05) is 13.6 Å². The maximum atomic E-state index is 10.3. The molecule has 0 bridgehead atoms. The van der Waals surface area contributed by atoms with E-state index in [0.717, 1.165) is 16.6 Å². The first-order valence-corrected chi connectivity index (χ1v) is 4.42. The Hall–Kier alpha value is -2.11. The van der Waals surface area contributed by atoms with Crippen molar-refractivity contribution in [1.29, 1.82) is 0 Å². The van der Waals surface area contributed by atoms with E-state index in [2.05, 4.69) is 15.6 Å². The predicted molar refractivity (Wildman–Crippen MR) is 53.4 cm³/mol. The van der Waals surface area contributed by atoms with Crippen LogP contribution in [0.3, 0.4) is 0 Å². The zero-order chi connectivity index (χ0) is 10.8. The fourth-order valence-electron chi connectivity index (χ4n) is 1.37. The number of fused-ring (bicyclic) bond motifs is 1. The van der Waals surface area contributed by atoms with Gasteiger partial charge in [0.2, 0.25) is 0 Å². The third kappa shape index (κ3) is 1.88. The number of hydrogen-bond donors (Lipinski definition) is 2. The summed E-state index contributed by atoms with van der Waals surface area (Å²) in [5.41, 5.74) is 2.56. The zero-order valence-corrected chi connectivity index (χ0v) is 8.14. The molecule has 0 fully saturated rings. The van der Waals surface area contributed by atoms with Crippen LogP contribution in [0.5, 0.6) is 0 Å². The lowest BCUT2D eigenvalue weighted by Crippen LogP contribution is -2.19. The summed E-state index contributed by atoms with van der Waals surface area (Å²) in [7, 11) is 1.81. The van der Waals surface area contributed by atoms with Crippen LogP contribution in [0.4, 0.5) is 4.79 Å². The minimum absolute atomic E-state index is 0.280. The van der Waals surface area contributed by atoms with Crippen molar-refractivity contribution in [3.8, 4) is 0 Å². The molecule has 78 valence electrons. The van der Waals surface area contributed by atoms with Crippen LogP contribution in [0.25, 0.3) is 11.0 Å². The second-order valence-electron chi connectivity index (χ2n) is 3.19. The van der Waals surface area contributed by atoms with E-state index in [-0.39, 0.29) is 6.54 Å². The van der Waals surface area contributed by atoms with Gasteiger partial charge in [0.15, 0.2) is 0 Å². The summed E-state index contributed by atoms with van der Waals surface area (Å²) < 4.78 is 1.67. The van der Waals surface area contributed by atoms with Gasteiger partial charge in [-0.2, -0.15) is 0 Å². The van der Waals surface area contributed by atoms with Crippen LogP contribution >= 0.6 is 0 Å². The summed E-state index contributed by atoms with van der Waals surface area (Å²) in [5, 5.41) is 18.5. The van der Waals surface area contributed by atoms with Gasteiger partial charge in [-0.25, -0.2) is 9.48 Å².